The van der Waals surface area contributed by atoms with E-state index in [-0.39, 0.29) is 12.6 Å². The van der Waals surface area contributed by atoms with Gasteiger partial charge in [-0.2, -0.15) is 5.26 Å². The van der Waals surface area contributed by atoms with Gasteiger partial charge in [0.25, 0.3) is 0 Å². The smallest absolute Gasteiger partial charge is 0.0992 e. The number of aliphatic hydroxyl groups excluding tert-OH is 1. The third-order valence-electron chi connectivity index (χ3n) is 2.35. The van der Waals surface area contributed by atoms with Gasteiger partial charge < -0.3 is 15.2 Å². The molecule has 0 saturated heterocycles. The third-order valence-corrected chi connectivity index (χ3v) is 2.70. The summed E-state index contributed by atoms with van der Waals surface area (Å²) in [5.41, 5.74) is 1.43. The summed E-state index contributed by atoms with van der Waals surface area (Å²) >= 11 is 6.03. The van der Waals surface area contributed by atoms with E-state index >= 15 is 0 Å². The molecule has 0 saturated carbocycles. The van der Waals surface area contributed by atoms with Crippen LogP contribution in [-0.2, 0) is 11.3 Å². The fraction of sp³-hybridized carbons (Fsp3) is 0.417. The zero-order valence-electron chi connectivity index (χ0n) is 9.61. The van der Waals surface area contributed by atoms with Crippen molar-refractivity contribution in [2.45, 2.75) is 12.6 Å². The molecule has 92 valence electrons. The fourth-order valence-corrected chi connectivity index (χ4v) is 1.64. The molecule has 0 fully saturated rings. The van der Waals surface area contributed by atoms with E-state index in [2.05, 4.69) is 5.32 Å². The van der Waals surface area contributed by atoms with Gasteiger partial charge in [-0.05, 0) is 17.7 Å². The van der Waals surface area contributed by atoms with Gasteiger partial charge in [-0.3, -0.25) is 0 Å². The van der Waals surface area contributed by atoms with Gasteiger partial charge in [0.2, 0.25) is 0 Å². The van der Waals surface area contributed by atoms with Gasteiger partial charge in [0.1, 0.15) is 0 Å². The maximum Gasteiger partial charge on any atom is 0.0992 e. The third kappa shape index (κ3) is 4.33. The van der Waals surface area contributed by atoms with Crippen LogP contribution in [0.3, 0.4) is 0 Å². The van der Waals surface area contributed by atoms with E-state index in [4.69, 9.17) is 26.7 Å². The van der Waals surface area contributed by atoms with Gasteiger partial charge >= 0.3 is 0 Å². The molecule has 0 aliphatic heterocycles. The highest BCUT2D eigenvalue weighted by Crippen LogP contribution is 2.17. The Kier molecular flexibility index (Phi) is 5.95. The molecule has 5 heteroatoms. The fourth-order valence-electron chi connectivity index (χ4n) is 1.39. The Labute approximate surface area is 106 Å². The van der Waals surface area contributed by atoms with Crippen molar-refractivity contribution in [2.24, 2.45) is 0 Å². The maximum atomic E-state index is 9.07. The average molecular weight is 255 g/mol. The molecule has 0 heterocycles. The predicted octanol–water partition coefficient (Wildman–Crippen LogP) is 1.31. The van der Waals surface area contributed by atoms with Gasteiger partial charge in [0.05, 0.1) is 30.9 Å². The van der Waals surface area contributed by atoms with Crippen LogP contribution in [0.25, 0.3) is 0 Å². The number of nitrogens with zero attached hydrogens (tertiary/aromatic N) is 1. The molecule has 0 aliphatic rings. The Morgan fingerprint density at radius 3 is 2.88 bits per heavy atom. The monoisotopic (exact) mass is 254 g/mol. The van der Waals surface area contributed by atoms with Crippen LogP contribution in [0.15, 0.2) is 18.2 Å². The standard InChI is InChI=1S/C12H15ClN2O2/c1-17-8-11(7-16)15-6-10-3-2-9(5-14)4-12(10)13/h2-4,11,15-16H,6-8H2,1H3. The normalized spacial score (nSPS) is 12.1. The van der Waals surface area contributed by atoms with Crippen LogP contribution in [-0.4, -0.2) is 31.5 Å². The molecule has 1 aromatic rings. The van der Waals surface area contributed by atoms with Crippen molar-refractivity contribution in [1.82, 2.24) is 5.32 Å². The minimum Gasteiger partial charge on any atom is -0.395 e. The molecule has 1 aromatic carbocycles. The van der Waals surface area contributed by atoms with E-state index in [1.165, 1.54) is 0 Å². The molecule has 1 rings (SSSR count). The quantitative estimate of drug-likeness (QED) is 0.803. The van der Waals surface area contributed by atoms with E-state index in [9.17, 15) is 0 Å². The van der Waals surface area contributed by atoms with Crippen LogP contribution >= 0.6 is 11.6 Å². The minimum absolute atomic E-state index is 0.00172. The zero-order valence-corrected chi connectivity index (χ0v) is 10.4. The van der Waals surface area contributed by atoms with E-state index in [1.54, 1.807) is 25.3 Å². The molecule has 1 atom stereocenters. The van der Waals surface area contributed by atoms with Crippen molar-refractivity contribution in [3.63, 3.8) is 0 Å². The second kappa shape index (κ2) is 7.25. The molecule has 17 heavy (non-hydrogen) atoms. The van der Waals surface area contributed by atoms with Crippen molar-refractivity contribution in [3.8, 4) is 6.07 Å². The molecule has 0 aliphatic carbocycles. The molecule has 2 N–H and O–H groups in total. The Bertz CT molecular complexity index is 404. The van der Waals surface area contributed by atoms with E-state index < -0.39 is 0 Å². The number of halogens is 1. The number of hydrogen-bond acceptors (Lipinski definition) is 4. The maximum absolute atomic E-state index is 9.07. The highest BCUT2D eigenvalue weighted by molar-refractivity contribution is 6.31. The Balaban J connectivity index is 2.60. The Hall–Kier alpha value is -1.12. The van der Waals surface area contributed by atoms with Crippen LogP contribution in [0, 0.1) is 11.3 Å². The zero-order chi connectivity index (χ0) is 12.7. The number of benzene rings is 1. The minimum atomic E-state index is -0.119. The largest absolute Gasteiger partial charge is 0.395 e. The summed E-state index contributed by atoms with van der Waals surface area (Å²) in [4.78, 5) is 0. The topological polar surface area (TPSA) is 65.3 Å². The lowest BCUT2D eigenvalue weighted by Gasteiger charge is -2.15. The van der Waals surface area contributed by atoms with E-state index in [0.717, 1.165) is 5.56 Å². The molecule has 0 radical (unpaired) electrons. The van der Waals surface area contributed by atoms with Crippen LogP contribution in [0.5, 0.6) is 0 Å². The van der Waals surface area contributed by atoms with Gasteiger partial charge in [-0.25, -0.2) is 0 Å². The van der Waals surface area contributed by atoms with Crippen molar-refractivity contribution in [2.75, 3.05) is 20.3 Å². The van der Waals surface area contributed by atoms with Crippen LogP contribution in [0.1, 0.15) is 11.1 Å². The van der Waals surface area contributed by atoms with Crippen LogP contribution in [0.2, 0.25) is 5.02 Å². The summed E-state index contributed by atoms with van der Waals surface area (Å²) in [6, 6.07) is 7.05. The van der Waals surface area contributed by atoms with Crippen molar-refractivity contribution >= 4 is 11.6 Å². The van der Waals surface area contributed by atoms with Crippen LogP contribution < -0.4 is 5.32 Å². The number of methoxy groups -OCH3 is 1. The SMILES string of the molecule is COCC(CO)NCc1ccc(C#N)cc1Cl. The lowest BCUT2D eigenvalue weighted by Crippen LogP contribution is -2.35. The summed E-state index contributed by atoms with van der Waals surface area (Å²) in [6.45, 7) is 0.964. The lowest BCUT2D eigenvalue weighted by molar-refractivity contribution is 0.128. The number of rotatable bonds is 6. The average Bonchev–Trinajstić information content (AvgIpc) is 2.35. The first-order valence-corrected chi connectivity index (χ1v) is 5.60. The number of hydrogen-bond donors (Lipinski definition) is 2. The molecular formula is C12H15ClN2O2. The highest BCUT2D eigenvalue weighted by atomic mass is 35.5. The second-order valence-electron chi connectivity index (χ2n) is 3.63. The molecule has 0 bridgehead atoms. The Morgan fingerprint density at radius 1 is 1.59 bits per heavy atom. The molecule has 0 aromatic heterocycles. The summed E-state index contributed by atoms with van der Waals surface area (Å²) < 4.78 is 4.95. The summed E-state index contributed by atoms with van der Waals surface area (Å²) in [7, 11) is 1.58. The van der Waals surface area contributed by atoms with E-state index in [0.29, 0.717) is 23.7 Å². The molecular weight excluding hydrogens is 240 g/mol. The van der Waals surface area contributed by atoms with Crippen molar-refractivity contribution in [3.05, 3.63) is 34.3 Å². The Morgan fingerprint density at radius 2 is 2.35 bits per heavy atom. The second-order valence-corrected chi connectivity index (χ2v) is 4.04. The van der Waals surface area contributed by atoms with Crippen LogP contribution in [0.4, 0.5) is 0 Å². The first-order valence-electron chi connectivity index (χ1n) is 5.23. The van der Waals surface area contributed by atoms with Gasteiger partial charge in [-0.15, -0.1) is 0 Å². The first kappa shape index (κ1) is 13.9. The number of ether oxygens (including phenoxy) is 1. The molecule has 4 nitrogen and oxygen atoms in total. The lowest BCUT2D eigenvalue weighted by atomic mass is 10.1. The van der Waals surface area contributed by atoms with Gasteiger partial charge in [0, 0.05) is 18.7 Å². The summed E-state index contributed by atoms with van der Waals surface area (Å²) in [6.07, 6.45) is 0. The van der Waals surface area contributed by atoms with Crippen molar-refractivity contribution < 1.29 is 9.84 Å². The molecule has 0 spiro atoms. The van der Waals surface area contributed by atoms with Gasteiger partial charge in [-0.1, -0.05) is 17.7 Å². The number of nitrogens with one attached hydrogen (secondary N) is 1. The highest BCUT2D eigenvalue weighted by Gasteiger charge is 2.07. The molecule has 0 amide bonds. The summed E-state index contributed by atoms with van der Waals surface area (Å²) in [5.74, 6) is 0. The van der Waals surface area contributed by atoms with Crippen molar-refractivity contribution in [1.29, 1.82) is 5.26 Å². The number of aliphatic hydroxyl groups is 1. The predicted molar refractivity (Wildman–Crippen MR) is 65.8 cm³/mol. The van der Waals surface area contributed by atoms with Gasteiger partial charge in [0.15, 0.2) is 0 Å². The first-order chi connectivity index (χ1) is 8.21. The molecule has 1 unspecified atom stereocenters. The van der Waals surface area contributed by atoms with E-state index in [1.807, 2.05) is 6.07 Å². The number of nitriles is 1. The summed E-state index contributed by atoms with van der Waals surface area (Å²) in [5, 5.41) is 21.4.